The van der Waals surface area contributed by atoms with Crippen molar-refractivity contribution < 1.29 is 22.7 Å². The summed E-state index contributed by atoms with van der Waals surface area (Å²) in [4.78, 5) is 12.1. The fraction of sp³-hybridized carbons (Fsp3) is 0.316. The zero-order chi connectivity index (χ0) is 20.9. The van der Waals surface area contributed by atoms with Crippen molar-refractivity contribution in [2.45, 2.75) is 32.8 Å². The summed E-state index contributed by atoms with van der Waals surface area (Å²) in [5, 5.41) is 11.1. The lowest BCUT2D eigenvalue weighted by Crippen LogP contribution is -2.26. The molecule has 154 valence electrons. The van der Waals surface area contributed by atoms with Crippen LogP contribution in [0.2, 0.25) is 0 Å². The molecule has 7 nitrogen and oxygen atoms in total. The maximum atomic E-state index is 12.7. The highest BCUT2D eigenvalue weighted by Crippen LogP contribution is 2.31. The molecule has 1 N–H and O–H groups in total. The van der Waals surface area contributed by atoms with E-state index in [1.54, 1.807) is 4.68 Å². The highest BCUT2D eigenvalue weighted by atomic mass is 19.4. The molecule has 29 heavy (non-hydrogen) atoms. The van der Waals surface area contributed by atoms with Crippen molar-refractivity contribution >= 4 is 5.91 Å². The number of benzene rings is 1. The summed E-state index contributed by atoms with van der Waals surface area (Å²) >= 11 is 0. The summed E-state index contributed by atoms with van der Waals surface area (Å²) in [6.45, 7) is 2.94. The van der Waals surface area contributed by atoms with E-state index < -0.39 is 11.7 Å². The van der Waals surface area contributed by atoms with Gasteiger partial charge in [0.2, 0.25) is 0 Å². The Hall–Kier alpha value is -3.30. The number of carbonyl (C=O) groups excluding carboxylic acids is 1. The minimum absolute atomic E-state index is 0.0650. The molecule has 3 rings (SSSR count). The molecule has 0 unspecified atom stereocenters. The number of nitrogens with zero attached hydrogens (tertiary/aromatic N) is 4. The van der Waals surface area contributed by atoms with E-state index in [1.807, 2.05) is 19.2 Å². The fourth-order valence-corrected chi connectivity index (χ4v) is 2.58. The lowest BCUT2D eigenvalue weighted by molar-refractivity contribution is -0.137. The number of carbonyl (C=O) groups is 1. The molecule has 0 aliphatic rings. The second-order valence-corrected chi connectivity index (χ2v) is 6.37. The van der Waals surface area contributed by atoms with Gasteiger partial charge in [-0.3, -0.25) is 9.48 Å². The quantitative estimate of drug-likeness (QED) is 0.582. The van der Waals surface area contributed by atoms with Crippen LogP contribution in [0.3, 0.4) is 0 Å². The van der Waals surface area contributed by atoms with E-state index in [4.69, 9.17) is 4.74 Å². The summed E-state index contributed by atoms with van der Waals surface area (Å²) < 4.78 is 46.6. The number of aryl methyl sites for hydroxylation is 2. The molecule has 2 aromatic heterocycles. The van der Waals surface area contributed by atoms with Gasteiger partial charge in [-0.2, -0.15) is 23.4 Å². The Morgan fingerprint density at radius 3 is 2.66 bits per heavy atom. The molecule has 3 aromatic rings. The van der Waals surface area contributed by atoms with E-state index in [1.165, 1.54) is 29.1 Å². The highest BCUT2D eigenvalue weighted by Gasteiger charge is 2.30. The van der Waals surface area contributed by atoms with Gasteiger partial charge in [0.15, 0.2) is 6.73 Å². The molecule has 0 spiro atoms. The van der Waals surface area contributed by atoms with Gasteiger partial charge in [-0.15, -0.1) is 0 Å². The van der Waals surface area contributed by atoms with Crippen LogP contribution >= 0.6 is 0 Å². The Bertz CT molecular complexity index is 965. The van der Waals surface area contributed by atoms with E-state index in [0.717, 1.165) is 17.8 Å². The van der Waals surface area contributed by atoms with E-state index in [0.29, 0.717) is 19.5 Å². The summed E-state index contributed by atoms with van der Waals surface area (Å²) in [5.74, 6) is -0.269. The average molecular weight is 407 g/mol. The second-order valence-electron chi connectivity index (χ2n) is 6.37. The molecule has 1 amide bonds. The number of ether oxygens (including phenoxy) is 1. The van der Waals surface area contributed by atoms with Crippen LogP contribution in [0.5, 0.6) is 5.75 Å². The summed E-state index contributed by atoms with van der Waals surface area (Å²) in [6.07, 6.45) is -0.322. The number of rotatable bonds is 8. The standard InChI is InChI=1S/C19H20F3N5O2/c1-14-6-10-26(24-14)9-3-8-23-18(28)17-7-11-27(25-17)13-29-16-5-2-4-15(12-16)19(20,21)22/h2,4-7,10-12H,3,8-9,13H2,1H3,(H,23,28). The van der Waals surface area contributed by atoms with Crippen LogP contribution in [0.4, 0.5) is 13.2 Å². The molecule has 0 radical (unpaired) electrons. The number of hydrogen-bond donors (Lipinski definition) is 1. The molecule has 0 atom stereocenters. The monoisotopic (exact) mass is 407 g/mol. The van der Waals surface area contributed by atoms with E-state index in [-0.39, 0.29) is 24.1 Å². The van der Waals surface area contributed by atoms with E-state index in [2.05, 4.69) is 15.5 Å². The van der Waals surface area contributed by atoms with Gasteiger partial charge in [-0.05, 0) is 43.7 Å². The number of amides is 1. The number of halogens is 3. The molecule has 0 bridgehead atoms. The second kappa shape index (κ2) is 8.80. The molecule has 0 aliphatic carbocycles. The van der Waals surface area contributed by atoms with Crippen LogP contribution in [0.15, 0.2) is 48.8 Å². The summed E-state index contributed by atoms with van der Waals surface area (Å²) in [7, 11) is 0. The number of aromatic nitrogens is 4. The zero-order valence-corrected chi connectivity index (χ0v) is 15.7. The smallest absolute Gasteiger partial charge is 0.416 e. The van der Waals surface area contributed by atoms with Gasteiger partial charge in [0.05, 0.1) is 11.3 Å². The summed E-state index contributed by atoms with van der Waals surface area (Å²) in [6, 6.07) is 8.00. The predicted octanol–water partition coefficient (Wildman–Crippen LogP) is 3.26. The van der Waals surface area contributed by atoms with Gasteiger partial charge in [0, 0.05) is 25.5 Å². The Labute approximate surface area is 165 Å². The first-order chi connectivity index (χ1) is 13.8. The van der Waals surface area contributed by atoms with Crippen LogP contribution in [-0.2, 0) is 19.5 Å². The van der Waals surface area contributed by atoms with Gasteiger partial charge >= 0.3 is 6.18 Å². The van der Waals surface area contributed by atoms with Crippen molar-refractivity contribution in [3.8, 4) is 5.75 Å². The largest absolute Gasteiger partial charge is 0.471 e. The van der Waals surface area contributed by atoms with Crippen molar-refractivity contribution in [2.75, 3.05) is 6.54 Å². The molecule has 0 saturated carbocycles. The van der Waals surface area contributed by atoms with Crippen LogP contribution in [-0.4, -0.2) is 32.0 Å². The van der Waals surface area contributed by atoms with Crippen molar-refractivity contribution in [2.24, 2.45) is 0 Å². The lowest BCUT2D eigenvalue weighted by atomic mass is 10.2. The van der Waals surface area contributed by atoms with Crippen molar-refractivity contribution in [3.63, 3.8) is 0 Å². The third-order valence-corrected chi connectivity index (χ3v) is 4.02. The highest BCUT2D eigenvalue weighted by molar-refractivity contribution is 5.92. The minimum atomic E-state index is -4.44. The van der Waals surface area contributed by atoms with E-state index >= 15 is 0 Å². The summed E-state index contributed by atoms with van der Waals surface area (Å²) in [5.41, 5.74) is 0.348. The van der Waals surface area contributed by atoms with Crippen LogP contribution in [0.1, 0.15) is 28.2 Å². The predicted molar refractivity (Wildman–Crippen MR) is 98.2 cm³/mol. The molecule has 0 fully saturated rings. The Morgan fingerprint density at radius 1 is 1.14 bits per heavy atom. The molecule has 10 heteroatoms. The third-order valence-electron chi connectivity index (χ3n) is 4.02. The first kappa shape index (κ1) is 20.4. The molecule has 0 aliphatic heterocycles. The first-order valence-corrected chi connectivity index (χ1v) is 8.93. The molecule has 0 saturated heterocycles. The first-order valence-electron chi connectivity index (χ1n) is 8.93. The van der Waals surface area contributed by atoms with Gasteiger partial charge in [-0.25, -0.2) is 4.68 Å². The van der Waals surface area contributed by atoms with Crippen molar-refractivity contribution in [1.82, 2.24) is 24.9 Å². The van der Waals surface area contributed by atoms with Crippen LogP contribution < -0.4 is 10.1 Å². The van der Waals surface area contributed by atoms with E-state index in [9.17, 15) is 18.0 Å². The Kier molecular flexibility index (Phi) is 6.20. The maximum absolute atomic E-state index is 12.7. The van der Waals surface area contributed by atoms with Crippen molar-refractivity contribution in [3.05, 3.63) is 65.7 Å². The molecular formula is C19H20F3N5O2. The van der Waals surface area contributed by atoms with Gasteiger partial charge in [0.1, 0.15) is 11.4 Å². The Balaban J connectivity index is 1.45. The van der Waals surface area contributed by atoms with Gasteiger partial charge in [0.25, 0.3) is 5.91 Å². The van der Waals surface area contributed by atoms with Crippen molar-refractivity contribution in [1.29, 1.82) is 0 Å². The lowest BCUT2D eigenvalue weighted by Gasteiger charge is -2.10. The molecular weight excluding hydrogens is 387 g/mol. The number of nitrogens with one attached hydrogen (secondary N) is 1. The average Bonchev–Trinajstić information content (AvgIpc) is 3.32. The normalized spacial score (nSPS) is 11.4. The topological polar surface area (TPSA) is 74.0 Å². The maximum Gasteiger partial charge on any atom is 0.416 e. The zero-order valence-electron chi connectivity index (χ0n) is 15.7. The Morgan fingerprint density at radius 2 is 1.93 bits per heavy atom. The van der Waals surface area contributed by atoms with Gasteiger partial charge in [-0.1, -0.05) is 6.07 Å². The molecule has 2 heterocycles. The third kappa shape index (κ3) is 5.84. The minimum Gasteiger partial charge on any atom is -0.471 e. The van der Waals surface area contributed by atoms with Gasteiger partial charge < -0.3 is 10.1 Å². The molecule has 1 aromatic carbocycles. The van der Waals surface area contributed by atoms with Crippen LogP contribution in [0, 0.1) is 6.92 Å². The SMILES string of the molecule is Cc1ccn(CCCNC(=O)c2ccn(COc3cccc(C(F)(F)F)c3)n2)n1. The number of alkyl halides is 3. The van der Waals surface area contributed by atoms with Crippen LogP contribution in [0.25, 0.3) is 0 Å². The number of hydrogen-bond acceptors (Lipinski definition) is 4. The fourth-order valence-electron chi connectivity index (χ4n) is 2.58.